The Kier molecular flexibility index (Phi) is 5.49. The van der Waals surface area contributed by atoms with E-state index in [1.165, 1.54) is 29.0 Å². The van der Waals surface area contributed by atoms with Gasteiger partial charge < -0.3 is 9.84 Å². The van der Waals surface area contributed by atoms with E-state index in [0.29, 0.717) is 14.9 Å². The lowest BCUT2D eigenvalue weighted by Crippen LogP contribution is -2.38. The number of nitro benzene ring substituents is 1. The van der Waals surface area contributed by atoms with Gasteiger partial charge >= 0.3 is 5.69 Å². The number of rotatable bonds is 4. The third-order valence-corrected chi connectivity index (χ3v) is 7.78. The van der Waals surface area contributed by atoms with Gasteiger partial charge in [-0.2, -0.15) is 0 Å². The van der Waals surface area contributed by atoms with Gasteiger partial charge in [0.2, 0.25) is 0 Å². The number of phenols is 1. The van der Waals surface area contributed by atoms with E-state index in [4.69, 9.17) is 9.73 Å². The summed E-state index contributed by atoms with van der Waals surface area (Å²) in [4.78, 5) is 30.0. The predicted octanol–water partition coefficient (Wildman–Crippen LogP) is 3.94. The molecule has 4 aromatic rings. The molecule has 1 aliphatic carbocycles. The van der Waals surface area contributed by atoms with Crippen molar-refractivity contribution in [2.24, 2.45) is 4.99 Å². The smallest absolute Gasteiger partial charge is 0.311 e. The van der Waals surface area contributed by atoms with Gasteiger partial charge in [0.25, 0.3) is 5.56 Å². The fourth-order valence-electron chi connectivity index (χ4n) is 5.04. The number of methoxy groups -OCH3 is 1. The molecule has 0 saturated carbocycles. The number of thiazole rings is 1. The van der Waals surface area contributed by atoms with Gasteiger partial charge in [0.05, 0.1) is 28.3 Å². The van der Waals surface area contributed by atoms with Crippen LogP contribution in [0.25, 0.3) is 11.8 Å². The van der Waals surface area contributed by atoms with Gasteiger partial charge in [-0.25, -0.2) is 4.99 Å². The lowest BCUT2D eigenvalue weighted by molar-refractivity contribution is -0.385. The third-order valence-electron chi connectivity index (χ3n) is 6.80. The van der Waals surface area contributed by atoms with E-state index in [-0.39, 0.29) is 11.6 Å². The normalized spacial score (nSPS) is 16.5. The van der Waals surface area contributed by atoms with Crippen LogP contribution >= 0.6 is 11.3 Å². The Morgan fingerprint density at radius 2 is 1.92 bits per heavy atom. The van der Waals surface area contributed by atoms with Crippen LogP contribution in [0, 0.1) is 10.1 Å². The number of fused-ring (bicyclic) bond motifs is 3. The third kappa shape index (κ3) is 3.84. The van der Waals surface area contributed by atoms with Crippen LogP contribution in [-0.4, -0.2) is 21.7 Å². The molecule has 37 heavy (non-hydrogen) atoms. The Bertz CT molecular complexity index is 1780. The number of hydrogen-bond donors (Lipinski definition) is 1. The number of phenolic OH excluding ortho intramolecular Hbond substituents is 1. The minimum absolute atomic E-state index is 0.217. The average molecular weight is 512 g/mol. The number of benzene rings is 3. The summed E-state index contributed by atoms with van der Waals surface area (Å²) in [5.74, 6) is 0.308. The highest BCUT2D eigenvalue weighted by Gasteiger charge is 2.32. The number of aromatic nitrogens is 1. The van der Waals surface area contributed by atoms with Gasteiger partial charge in [0.1, 0.15) is 5.75 Å². The fourth-order valence-corrected chi connectivity index (χ4v) is 6.04. The second-order valence-electron chi connectivity index (χ2n) is 8.89. The first kappa shape index (κ1) is 22.9. The molecule has 0 saturated heterocycles. The molecule has 0 bridgehead atoms. The summed E-state index contributed by atoms with van der Waals surface area (Å²) in [5, 5.41) is 21.1. The number of nitro groups is 1. The van der Waals surface area contributed by atoms with Crippen molar-refractivity contribution in [3.63, 3.8) is 0 Å². The topological polar surface area (TPSA) is 107 Å². The van der Waals surface area contributed by atoms with Gasteiger partial charge in [0, 0.05) is 11.6 Å². The van der Waals surface area contributed by atoms with E-state index in [9.17, 15) is 20.0 Å². The van der Waals surface area contributed by atoms with Crippen molar-refractivity contribution in [3.05, 3.63) is 124 Å². The van der Waals surface area contributed by atoms with E-state index in [1.807, 2.05) is 36.4 Å². The molecule has 0 unspecified atom stereocenters. The molecule has 9 heteroatoms. The molecule has 0 fully saturated rings. The first-order chi connectivity index (χ1) is 17.9. The molecular formula is C28H21N3O5S. The molecule has 0 spiro atoms. The zero-order chi connectivity index (χ0) is 25.7. The molecule has 6 rings (SSSR count). The number of hydrogen-bond acceptors (Lipinski definition) is 7. The Morgan fingerprint density at radius 3 is 2.68 bits per heavy atom. The SMILES string of the molecule is COc1ccc([C@@H]2C3=C(N=c4sc(=Cc5ccc(O)c([N+](=O)[O-])c5)c(=O)n42)c2ccccc2CC3)cc1. The minimum Gasteiger partial charge on any atom is -0.502 e. The predicted molar refractivity (Wildman–Crippen MR) is 141 cm³/mol. The zero-order valence-electron chi connectivity index (χ0n) is 19.7. The first-order valence-corrected chi connectivity index (χ1v) is 12.5. The molecular weight excluding hydrogens is 490 g/mol. The standard InChI is InChI=1S/C28H21N3O5S/c1-36-19-10-7-18(8-11-19)26-21-12-9-17-4-2-3-5-20(17)25(21)29-28-30(26)27(33)24(37-28)15-16-6-13-23(32)22(14-16)31(34)35/h2-8,10-11,13-15,26,32H,9,12H2,1H3/t26-/m1/s1. The van der Waals surface area contributed by atoms with Gasteiger partial charge in [-0.3, -0.25) is 19.5 Å². The van der Waals surface area contributed by atoms with Gasteiger partial charge in [-0.15, -0.1) is 0 Å². The first-order valence-electron chi connectivity index (χ1n) is 11.7. The summed E-state index contributed by atoms with van der Waals surface area (Å²) in [5.41, 5.74) is 5.07. The van der Waals surface area contributed by atoms with E-state index in [0.717, 1.165) is 41.0 Å². The number of nitrogens with zero attached hydrogens (tertiary/aromatic N) is 3. The molecule has 1 N–H and O–H groups in total. The number of allylic oxidation sites excluding steroid dienone is 1. The van der Waals surface area contributed by atoms with Crippen molar-refractivity contribution in [3.8, 4) is 11.5 Å². The van der Waals surface area contributed by atoms with Crippen LogP contribution in [0.2, 0.25) is 0 Å². The van der Waals surface area contributed by atoms with Crippen molar-refractivity contribution in [1.29, 1.82) is 0 Å². The Balaban J connectivity index is 1.59. The second kappa shape index (κ2) is 8.86. The summed E-state index contributed by atoms with van der Waals surface area (Å²) < 4.78 is 7.47. The number of aromatic hydroxyl groups is 1. The van der Waals surface area contributed by atoms with Crippen LogP contribution in [0.3, 0.4) is 0 Å². The molecule has 0 radical (unpaired) electrons. The number of aryl methyl sites for hydroxylation is 1. The quantitative estimate of drug-likeness (QED) is 0.330. The lowest BCUT2D eigenvalue weighted by atomic mass is 9.83. The molecule has 1 aromatic heterocycles. The second-order valence-corrected chi connectivity index (χ2v) is 9.90. The zero-order valence-corrected chi connectivity index (χ0v) is 20.6. The van der Waals surface area contributed by atoms with Crippen molar-refractivity contribution >= 4 is 28.8 Å². The lowest BCUT2D eigenvalue weighted by Gasteiger charge is -2.30. The van der Waals surface area contributed by atoms with E-state index in [1.54, 1.807) is 23.8 Å². The maximum atomic E-state index is 13.8. The molecule has 2 heterocycles. The average Bonchev–Trinajstić information content (AvgIpc) is 3.22. The van der Waals surface area contributed by atoms with Gasteiger partial charge in [-0.05, 0) is 59.4 Å². The summed E-state index contributed by atoms with van der Waals surface area (Å²) in [6, 6.07) is 19.7. The molecule has 184 valence electrons. The van der Waals surface area contributed by atoms with Gasteiger partial charge in [-0.1, -0.05) is 53.8 Å². The highest BCUT2D eigenvalue weighted by Crippen LogP contribution is 2.41. The molecule has 1 atom stereocenters. The molecule has 0 amide bonds. The van der Waals surface area contributed by atoms with Gasteiger partial charge in [0.15, 0.2) is 10.6 Å². The van der Waals surface area contributed by atoms with Crippen LogP contribution in [0.5, 0.6) is 11.5 Å². The maximum Gasteiger partial charge on any atom is 0.311 e. The van der Waals surface area contributed by atoms with E-state index >= 15 is 0 Å². The molecule has 1 aliphatic heterocycles. The minimum atomic E-state index is -0.649. The van der Waals surface area contributed by atoms with Crippen LogP contribution in [0.15, 0.2) is 82.1 Å². The number of ether oxygens (including phenoxy) is 1. The van der Waals surface area contributed by atoms with Crippen LogP contribution in [0.1, 0.15) is 34.7 Å². The van der Waals surface area contributed by atoms with Crippen LogP contribution in [-0.2, 0) is 6.42 Å². The largest absolute Gasteiger partial charge is 0.502 e. The van der Waals surface area contributed by atoms with E-state index in [2.05, 4.69) is 12.1 Å². The fraction of sp³-hybridized carbons (Fsp3) is 0.143. The highest BCUT2D eigenvalue weighted by molar-refractivity contribution is 7.07. The van der Waals surface area contributed by atoms with Crippen molar-refractivity contribution < 1.29 is 14.8 Å². The van der Waals surface area contributed by atoms with Crippen molar-refractivity contribution in [1.82, 2.24) is 4.57 Å². The van der Waals surface area contributed by atoms with Crippen molar-refractivity contribution in [2.45, 2.75) is 18.9 Å². The molecule has 3 aromatic carbocycles. The summed E-state index contributed by atoms with van der Waals surface area (Å²) >= 11 is 1.25. The van der Waals surface area contributed by atoms with E-state index < -0.39 is 16.4 Å². The monoisotopic (exact) mass is 511 g/mol. The van der Waals surface area contributed by atoms with Crippen molar-refractivity contribution in [2.75, 3.05) is 7.11 Å². The summed E-state index contributed by atoms with van der Waals surface area (Å²) in [6.07, 6.45) is 3.25. The summed E-state index contributed by atoms with van der Waals surface area (Å²) in [7, 11) is 1.62. The molecule has 2 aliphatic rings. The molecule has 8 nitrogen and oxygen atoms in total. The van der Waals surface area contributed by atoms with Crippen LogP contribution < -0.4 is 19.6 Å². The highest BCUT2D eigenvalue weighted by atomic mass is 32.1. The maximum absolute atomic E-state index is 13.8. The van der Waals surface area contributed by atoms with Crippen LogP contribution in [0.4, 0.5) is 5.69 Å². The Hall–Kier alpha value is -4.50. The Morgan fingerprint density at radius 1 is 1.14 bits per heavy atom. The Labute approximate surface area is 214 Å². The summed E-state index contributed by atoms with van der Waals surface area (Å²) in [6.45, 7) is 0.